The van der Waals surface area contributed by atoms with E-state index in [1.807, 2.05) is 13.8 Å². The number of hydrogen-bond acceptors (Lipinski definition) is 4. The van der Waals surface area contributed by atoms with Crippen LogP contribution in [0.4, 0.5) is 0 Å². The molecule has 1 atom stereocenters. The minimum Gasteiger partial charge on any atom is -0.314 e. The number of thiazole rings is 1. The third-order valence-corrected chi connectivity index (χ3v) is 2.72. The second kappa shape index (κ2) is 5.88. The van der Waals surface area contributed by atoms with Crippen LogP contribution in [0.1, 0.15) is 25.1 Å². The van der Waals surface area contributed by atoms with Gasteiger partial charge in [0, 0.05) is 30.0 Å². The third-order valence-electron chi connectivity index (χ3n) is 1.94. The zero-order valence-electron chi connectivity index (χ0n) is 8.62. The molecule has 0 saturated heterocycles. The van der Waals surface area contributed by atoms with Crippen molar-refractivity contribution in [1.29, 1.82) is 0 Å². The van der Waals surface area contributed by atoms with E-state index in [0.717, 1.165) is 11.4 Å². The van der Waals surface area contributed by atoms with Gasteiger partial charge in [0.15, 0.2) is 0 Å². The van der Waals surface area contributed by atoms with Crippen LogP contribution in [0, 0.1) is 0 Å². The Balaban J connectivity index is 2.29. The molecule has 0 amide bonds. The largest absolute Gasteiger partial charge is 0.314 e. The first kappa shape index (κ1) is 11.3. The van der Waals surface area contributed by atoms with Gasteiger partial charge in [-0.05, 0) is 13.5 Å². The fourth-order valence-electron chi connectivity index (χ4n) is 1.36. The predicted octanol–water partition coefficient (Wildman–Crippen LogP) is 1.64. The molecule has 1 aromatic heterocycles. The number of nitrogens with one attached hydrogen (secondary N) is 1. The van der Waals surface area contributed by atoms with Crippen LogP contribution in [0.25, 0.3) is 0 Å². The maximum Gasteiger partial charge on any atom is 0.139 e. The van der Waals surface area contributed by atoms with Gasteiger partial charge < -0.3 is 5.32 Å². The molecule has 0 aliphatic carbocycles. The van der Waals surface area contributed by atoms with E-state index >= 15 is 0 Å². The van der Waals surface area contributed by atoms with Crippen molar-refractivity contribution < 1.29 is 4.79 Å². The minimum atomic E-state index is 0.278. The SMILES string of the molecule is CCNC(C)CC(=O)Cc1cncs1. The van der Waals surface area contributed by atoms with E-state index < -0.39 is 0 Å². The Hall–Kier alpha value is -0.740. The minimum absolute atomic E-state index is 0.278. The Kier molecular flexibility index (Phi) is 4.76. The van der Waals surface area contributed by atoms with Crippen LogP contribution in [0.15, 0.2) is 11.7 Å². The van der Waals surface area contributed by atoms with Gasteiger partial charge in [-0.3, -0.25) is 9.78 Å². The van der Waals surface area contributed by atoms with E-state index in [0.29, 0.717) is 12.8 Å². The lowest BCUT2D eigenvalue weighted by Gasteiger charge is -2.10. The van der Waals surface area contributed by atoms with Gasteiger partial charge in [-0.1, -0.05) is 6.92 Å². The Bertz CT molecular complexity index is 272. The van der Waals surface area contributed by atoms with Crippen LogP contribution in [0.5, 0.6) is 0 Å². The van der Waals surface area contributed by atoms with Gasteiger partial charge in [0.2, 0.25) is 0 Å². The summed E-state index contributed by atoms with van der Waals surface area (Å²) in [4.78, 5) is 16.5. The highest BCUT2D eigenvalue weighted by molar-refractivity contribution is 7.09. The van der Waals surface area contributed by atoms with Crippen molar-refractivity contribution >= 4 is 17.1 Å². The molecule has 0 aliphatic heterocycles. The van der Waals surface area contributed by atoms with Crippen molar-refractivity contribution in [2.24, 2.45) is 0 Å². The zero-order chi connectivity index (χ0) is 10.4. The Morgan fingerprint density at radius 1 is 1.71 bits per heavy atom. The van der Waals surface area contributed by atoms with E-state index in [1.165, 1.54) is 11.3 Å². The number of nitrogens with zero attached hydrogens (tertiary/aromatic N) is 1. The number of aromatic nitrogens is 1. The van der Waals surface area contributed by atoms with Crippen molar-refractivity contribution in [3.8, 4) is 0 Å². The number of Topliss-reactive ketones (excluding diaryl/α,β-unsaturated/α-hetero) is 1. The zero-order valence-corrected chi connectivity index (χ0v) is 9.43. The fourth-order valence-corrected chi connectivity index (χ4v) is 1.98. The quantitative estimate of drug-likeness (QED) is 0.779. The summed E-state index contributed by atoms with van der Waals surface area (Å²) in [6, 6.07) is 0.278. The van der Waals surface area contributed by atoms with E-state index in [4.69, 9.17) is 0 Å². The first-order valence-electron chi connectivity index (χ1n) is 4.84. The summed E-state index contributed by atoms with van der Waals surface area (Å²) in [6.45, 7) is 4.99. The molecule has 0 aliphatic rings. The Morgan fingerprint density at radius 2 is 2.50 bits per heavy atom. The highest BCUT2D eigenvalue weighted by Crippen LogP contribution is 2.08. The number of carbonyl (C=O) groups is 1. The maximum atomic E-state index is 11.5. The fraction of sp³-hybridized carbons (Fsp3) is 0.600. The number of carbonyl (C=O) groups excluding carboxylic acids is 1. The van der Waals surface area contributed by atoms with Crippen molar-refractivity contribution in [2.75, 3.05) is 6.54 Å². The molecule has 0 bridgehead atoms. The highest BCUT2D eigenvalue weighted by Gasteiger charge is 2.09. The van der Waals surface area contributed by atoms with Crippen molar-refractivity contribution in [2.45, 2.75) is 32.7 Å². The number of hydrogen-bond donors (Lipinski definition) is 1. The smallest absolute Gasteiger partial charge is 0.139 e. The molecule has 0 aromatic carbocycles. The monoisotopic (exact) mass is 212 g/mol. The molecular weight excluding hydrogens is 196 g/mol. The molecule has 1 unspecified atom stereocenters. The Labute approximate surface area is 88.6 Å². The molecule has 0 fully saturated rings. The molecule has 14 heavy (non-hydrogen) atoms. The summed E-state index contributed by atoms with van der Waals surface area (Å²) in [7, 11) is 0. The lowest BCUT2D eigenvalue weighted by Crippen LogP contribution is -2.28. The third kappa shape index (κ3) is 3.98. The van der Waals surface area contributed by atoms with Crippen molar-refractivity contribution in [3.63, 3.8) is 0 Å². The van der Waals surface area contributed by atoms with Gasteiger partial charge in [0.1, 0.15) is 5.78 Å². The summed E-state index contributed by atoms with van der Waals surface area (Å²) < 4.78 is 0. The molecule has 0 radical (unpaired) electrons. The Morgan fingerprint density at radius 3 is 3.07 bits per heavy atom. The first-order valence-corrected chi connectivity index (χ1v) is 5.72. The molecule has 3 nitrogen and oxygen atoms in total. The van der Waals surface area contributed by atoms with Crippen LogP contribution in [0.3, 0.4) is 0 Å². The van der Waals surface area contributed by atoms with Crippen LogP contribution < -0.4 is 5.32 Å². The summed E-state index contributed by atoms with van der Waals surface area (Å²) in [5.41, 5.74) is 1.76. The van der Waals surface area contributed by atoms with E-state index in [2.05, 4.69) is 10.3 Å². The van der Waals surface area contributed by atoms with Crippen molar-refractivity contribution in [3.05, 3.63) is 16.6 Å². The molecule has 4 heteroatoms. The topological polar surface area (TPSA) is 42.0 Å². The molecule has 0 spiro atoms. The van der Waals surface area contributed by atoms with Crippen molar-refractivity contribution in [1.82, 2.24) is 10.3 Å². The van der Waals surface area contributed by atoms with Crippen LogP contribution in [0.2, 0.25) is 0 Å². The average molecular weight is 212 g/mol. The molecule has 0 saturated carbocycles. The normalized spacial score (nSPS) is 12.7. The second-order valence-corrected chi connectivity index (χ2v) is 4.32. The first-order chi connectivity index (χ1) is 6.72. The van der Waals surface area contributed by atoms with Gasteiger partial charge >= 0.3 is 0 Å². The number of rotatable bonds is 6. The van der Waals surface area contributed by atoms with Gasteiger partial charge in [-0.25, -0.2) is 0 Å². The van der Waals surface area contributed by atoms with Crippen LogP contribution >= 0.6 is 11.3 Å². The second-order valence-electron chi connectivity index (χ2n) is 3.35. The summed E-state index contributed by atoms with van der Waals surface area (Å²) >= 11 is 1.54. The lowest BCUT2D eigenvalue weighted by molar-refractivity contribution is -0.118. The number of ketones is 1. The molecular formula is C10H16N2OS. The van der Waals surface area contributed by atoms with Gasteiger partial charge in [0.25, 0.3) is 0 Å². The van der Waals surface area contributed by atoms with E-state index in [1.54, 1.807) is 11.7 Å². The van der Waals surface area contributed by atoms with Crippen LogP contribution in [-0.4, -0.2) is 23.4 Å². The highest BCUT2D eigenvalue weighted by atomic mass is 32.1. The summed E-state index contributed by atoms with van der Waals surface area (Å²) in [6.07, 6.45) is 2.90. The maximum absolute atomic E-state index is 11.5. The summed E-state index contributed by atoms with van der Waals surface area (Å²) in [5.74, 6) is 0.280. The molecule has 1 N–H and O–H groups in total. The molecule has 1 heterocycles. The predicted molar refractivity (Wildman–Crippen MR) is 58.6 cm³/mol. The lowest BCUT2D eigenvalue weighted by atomic mass is 10.1. The van der Waals surface area contributed by atoms with Gasteiger partial charge in [-0.15, -0.1) is 11.3 Å². The molecule has 1 aromatic rings. The van der Waals surface area contributed by atoms with E-state index in [-0.39, 0.29) is 11.8 Å². The average Bonchev–Trinajstić information content (AvgIpc) is 2.56. The van der Waals surface area contributed by atoms with Gasteiger partial charge in [-0.2, -0.15) is 0 Å². The van der Waals surface area contributed by atoms with Gasteiger partial charge in [0.05, 0.1) is 5.51 Å². The standard InChI is InChI=1S/C10H16N2OS/c1-3-12-8(2)4-9(13)5-10-6-11-7-14-10/h6-8,12H,3-5H2,1-2H3. The van der Waals surface area contributed by atoms with Crippen LogP contribution in [-0.2, 0) is 11.2 Å². The van der Waals surface area contributed by atoms with E-state index in [9.17, 15) is 4.79 Å². The molecule has 78 valence electrons. The summed E-state index contributed by atoms with van der Waals surface area (Å²) in [5, 5.41) is 3.22. The molecule has 1 rings (SSSR count).